The zero-order valence-electron chi connectivity index (χ0n) is 26.7. The molecule has 0 aliphatic heterocycles. The first kappa shape index (κ1) is 27.5. The molecule has 0 bridgehead atoms. The van der Waals surface area contributed by atoms with Crippen LogP contribution in [0, 0.1) is 6.33 Å². The summed E-state index contributed by atoms with van der Waals surface area (Å²) in [5.74, 6) is 2.36. The number of aryl methyl sites for hydroxylation is 1. The average Bonchev–Trinajstić information content (AvgIpc) is 3.79. The maximum Gasteiger partial charge on any atom is 0.244 e. The van der Waals surface area contributed by atoms with Gasteiger partial charge in [-0.05, 0) is 54.6 Å². The van der Waals surface area contributed by atoms with Crippen LogP contribution in [-0.2, 0) is 7.05 Å². The van der Waals surface area contributed by atoms with Gasteiger partial charge in [-0.1, -0.05) is 91.0 Å². The van der Waals surface area contributed by atoms with E-state index >= 15 is 0 Å². The second-order valence-electron chi connectivity index (χ2n) is 12.4. The van der Waals surface area contributed by atoms with Gasteiger partial charge in [0, 0.05) is 33.3 Å². The number of para-hydroxylation sites is 5. The van der Waals surface area contributed by atoms with E-state index in [1.54, 1.807) is 0 Å². The van der Waals surface area contributed by atoms with Crippen LogP contribution in [-0.4, -0.2) is 18.7 Å². The highest BCUT2D eigenvalue weighted by atomic mass is 16.5. The highest BCUT2D eigenvalue weighted by molar-refractivity contribution is 6.12. The van der Waals surface area contributed by atoms with Gasteiger partial charge >= 0.3 is 0 Å². The van der Waals surface area contributed by atoms with E-state index in [1.165, 1.54) is 10.8 Å². The molecule has 0 radical (unpaired) electrons. The van der Waals surface area contributed by atoms with E-state index in [0.29, 0.717) is 0 Å². The Labute approximate surface area is 281 Å². The van der Waals surface area contributed by atoms with Crippen molar-refractivity contribution in [2.75, 3.05) is 0 Å². The number of pyridine rings is 1. The van der Waals surface area contributed by atoms with E-state index < -0.39 is 0 Å². The van der Waals surface area contributed by atoms with Crippen molar-refractivity contribution in [1.29, 1.82) is 0 Å². The Balaban J connectivity index is 1.11. The predicted molar refractivity (Wildman–Crippen MR) is 196 cm³/mol. The van der Waals surface area contributed by atoms with Crippen LogP contribution < -0.4 is 9.30 Å². The van der Waals surface area contributed by atoms with E-state index in [-0.39, 0.29) is 0 Å². The molecule has 0 atom stereocenters. The quantitative estimate of drug-likeness (QED) is 0.140. The summed E-state index contributed by atoms with van der Waals surface area (Å²) in [6, 6.07) is 52.6. The van der Waals surface area contributed by atoms with Crippen LogP contribution in [0.15, 0.2) is 158 Å². The molecular weight excluding hydrogens is 603 g/mol. The lowest BCUT2D eigenvalue weighted by Gasteiger charge is -2.11. The number of hydrogen-bond acceptors (Lipinski definition) is 2. The lowest BCUT2D eigenvalue weighted by atomic mass is 10.1. The number of nitrogens with zero attached hydrogens (tertiary/aromatic N) is 5. The van der Waals surface area contributed by atoms with Crippen molar-refractivity contribution >= 4 is 54.6 Å². The molecule has 0 saturated carbocycles. The van der Waals surface area contributed by atoms with Crippen molar-refractivity contribution in [3.8, 4) is 28.7 Å². The number of aromatic nitrogens is 5. The Morgan fingerprint density at radius 1 is 0.510 bits per heavy atom. The van der Waals surface area contributed by atoms with Crippen molar-refractivity contribution in [2.45, 2.75) is 0 Å². The lowest BCUT2D eigenvalue weighted by Crippen LogP contribution is -2.26. The highest BCUT2D eigenvalue weighted by Crippen LogP contribution is 2.37. The minimum atomic E-state index is 0.751. The standard InChI is InChI=1S/C43H29N5O/c1-45-28-46(40-21-10-9-20-39(40)45)30-14-11-15-31(24-30)49-32-22-23-35-33-16-5-8-19-38(33)48(41(35)25-32)43-26-36-34-17-6-7-18-37(34)47(42(36)27-44-43)29-12-3-2-4-13-29/h2-27H,1H3. The first-order valence-electron chi connectivity index (χ1n) is 16.4. The van der Waals surface area contributed by atoms with Gasteiger partial charge in [0.15, 0.2) is 0 Å². The van der Waals surface area contributed by atoms with E-state index in [0.717, 1.165) is 72.6 Å². The summed E-state index contributed by atoms with van der Waals surface area (Å²) in [6.45, 7) is 0. The summed E-state index contributed by atoms with van der Waals surface area (Å²) in [4.78, 5) is 5.11. The molecule has 6 nitrogen and oxygen atoms in total. The van der Waals surface area contributed by atoms with Crippen LogP contribution in [0.1, 0.15) is 0 Å². The Bertz CT molecular complexity index is 2880. The second kappa shape index (κ2) is 10.7. The fraction of sp³-hybridized carbons (Fsp3) is 0.0233. The molecule has 0 saturated heterocycles. The third kappa shape index (κ3) is 4.27. The number of fused-ring (bicyclic) bond motifs is 7. The van der Waals surface area contributed by atoms with Gasteiger partial charge in [-0.3, -0.25) is 4.57 Å². The molecule has 0 aliphatic rings. The summed E-state index contributed by atoms with van der Waals surface area (Å²) < 4.78 is 15.2. The number of ether oxygens (including phenoxy) is 1. The van der Waals surface area contributed by atoms with Crippen LogP contribution >= 0.6 is 0 Å². The van der Waals surface area contributed by atoms with Gasteiger partial charge in [0.2, 0.25) is 6.33 Å². The molecule has 49 heavy (non-hydrogen) atoms. The number of rotatable bonds is 5. The van der Waals surface area contributed by atoms with Gasteiger partial charge in [0.1, 0.15) is 17.3 Å². The molecule has 10 aromatic rings. The molecule has 0 amide bonds. The molecule has 4 heterocycles. The van der Waals surface area contributed by atoms with Crippen LogP contribution in [0.3, 0.4) is 0 Å². The van der Waals surface area contributed by atoms with Gasteiger partial charge < -0.3 is 18.4 Å². The average molecular weight is 632 g/mol. The Kier molecular flexibility index (Phi) is 5.99. The monoisotopic (exact) mass is 631 g/mol. The molecule has 0 N–H and O–H groups in total. The van der Waals surface area contributed by atoms with Gasteiger partial charge in [-0.2, -0.15) is 0 Å². The third-order valence-corrected chi connectivity index (χ3v) is 9.48. The van der Waals surface area contributed by atoms with Crippen molar-refractivity contribution in [1.82, 2.24) is 18.7 Å². The van der Waals surface area contributed by atoms with Crippen LogP contribution in [0.2, 0.25) is 0 Å². The Morgan fingerprint density at radius 3 is 2.00 bits per heavy atom. The van der Waals surface area contributed by atoms with Gasteiger partial charge in [-0.25, -0.2) is 4.98 Å². The first-order valence-corrected chi connectivity index (χ1v) is 16.4. The van der Waals surface area contributed by atoms with Gasteiger partial charge in [0.05, 0.1) is 52.0 Å². The summed E-state index contributed by atoms with van der Waals surface area (Å²) >= 11 is 0. The molecule has 0 spiro atoms. The molecule has 0 aliphatic carbocycles. The molecule has 6 aromatic carbocycles. The molecule has 0 fully saturated rings. The Morgan fingerprint density at radius 2 is 1.16 bits per heavy atom. The van der Waals surface area contributed by atoms with Crippen LogP contribution in [0.25, 0.3) is 71.8 Å². The van der Waals surface area contributed by atoms with E-state index in [2.05, 4.69) is 141 Å². The van der Waals surface area contributed by atoms with Gasteiger partial charge in [0.25, 0.3) is 0 Å². The van der Waals surface area contributed by atoms with Gasteiger partial charge in [-0.15, -0.1) is 0 Å². The minimum absolute atomic E-state index is 0.751. The van der Waals surface area contributed by atoms with Crippen molar-refractivity contribution in [3.05, 3.63) is 164 Å². The zero-order chi connectivity index (χ0) is 32.5. The number of benzene rings is 6. The molecule has 0 unspecified atom stereocenters. The first-order chi connectivity index (χ1) is 24.2. The normalized spacial score (nSPS) is 11.8. The smallest absolute Gasteiger partial charge is 0.244 e. The molecule has 6 heteroatoms. The maximum atomic E-state index is 6.56. The molecule has 232 valence electrons. The second-order valence-corrected chi connectivity index (χ2v) is 12.4. The number of hydrogen-bond donors (Lipinski definition) is 0. The van der Waals surface area contributed by atoms with E-state index in [1.807, 2.05) is 48.1 Å². The highest BCUT2D eigenvalue weighted by Gasteiger charge is 2.18. The summed E-state index contributed by atoms with van der Waals surface area (Å²) in [5, 5.41) is 4.66. The topological polar surface area (TPSA) is 40.8 Å². The van der Waals surface area contributed by atoms with Crippen molar-refractivity contribution in [2.24, 2.45) is 7.05 Å². The maximum absolute atomic E-state index is 6.56. The predicted octanol–water partition coefficient (Wildman–Crippen LogP) is 9.64. The lowest BCUT2D eigenvalue weighted by molar-refractivity contribution is -0.649. The largest absolute Gasteiger partial charge is 0.458 e. The number of imidazole rings is 1. The SMILES string of the molecule is C[n+]1[c-]n(-c2cccc(Oc3ccc4c5ccccc5n(-c5cc6c7ccccc7n(-c7ccccc7)c6cn5)c4c3)c2)c2ccccc21. The summed E-state index contributed by atoms with van der Waals surface area (Å²) in [5.41, 5.74) is 8.65. The van der Waals surface area contributed by atoms with Crippen LogP contribution in [0.5, 0.6) is 11.5 Å². The molecular formula is C43H29N5O. The fourth-order valence-corrected chi connectivity index (χ4v) is 7.31. The van der Waals surface area contributed by atoms with E-state index in [4.69, 9.17) is 9.72 Å². The summed E-state index contributed by atoms with van der Waals surface area (Å²) in [6.07, 6.45) is 5.43. The molecule has 4 aromatic heterocycles. The van der Waals surface area contributed by atoms with E-state index in [9.17, 15) is 0 Å². The summed E-state index contributed by atoms with van der Waals surface area (Å²) in [7, 11) is 2.02. The zero-order valence-corrected chi connectivity index (χ0v) is 26.7. The Hall–Kier alpha value is -6.66. The third-order valence-electron chi connectivity index (χ3n) is 9.48. The minimum Gasteiger partial charge on any atom is -0.458 e. The molecule has 10 rings (SSSR count). The fourth-order valence-electron chi connectivity index (χ4n) is 7.31. The van der Waals surface area contributed by atoms with Crippen molar-refractivity contribution < 1.29 is 9.30 Å². The van der Waals surface area contributed by atoms with Crippen molar-refractivity contribution in [3.63, 3.8) is 0 Å². The van der Waals surface area contributed by atoms with Crippen LogP contribution in [0.4, 0.5) is 0 Å².